The van der Waals surface area contributed by atoms with Gasteiger partial charge in [0.2, 0.25) is 17.1 Å². The number of hydrogen-bond acceptors (Lipinski definition) is 13. The smallest absolute Gasteiger partial charge is 0.233 e. The minimum Gasteiger partial charge on any atom is -0.497 e. The Labute approximate surface area is 210 Å². The summed E-state index contributed by atoms with van der Waals surface area (Å²) in [5, 5.41) is 15.9. The van der Waals surface area contributed by atoms with Crippen LogP contribution in [0.4, 0.5) is 23.3 Å². The van der Waals surface area contributed by atoms with Gasteiger partial charge in [-0.2, -0.15) is 15.0 Å². The molecule has 0 saturated carbocycles. The number of hydrogen-bond donors (Lipinski definition) is 2. The molecule has 0 radical (unpaired) electrons. The molecule has 0 saturated heterocycles. The van der Waals surface area contributed by atoms with E-state index in [4.69, 9.17) is 18.9 Å². The van der Waals surface area contributed by atoms with Crippen LogP contribution in [-0.4, -0.2) is 53.6 Å². The summed E-state index contributed by atoms with van der Waals surface area (Å²) < 4.78 is 22.3. The molecule has 0 aliphatic carbocycles. The van der Waals surface area contributed by atoms with Crippen LogP contribution in [0, 0.1) is 6.92 Å². The minimum absolute atomic E-state index is 0.291. The Hall–Kier alpha value is -3.84. The van der Waals surface area contributed by atoms with Crippen molar-refractivity contribution in [1.82, 2.24) is 25.1 Å². The first-order valence-corrected chi connectivity index (χ1v) is 11.9. The molecule has 2 aromatic carbocycles. The number of aromatic nitrogens is 5. The van der Waals surface area contributed by atoms with Gasteiger partial charge >= 0.3 is 0 Å². The monoisotopic (exact) mass is 513 g/mol. The van der Waals surface area contributed by atoms with Crippen molar-refractivity contribution in [3.8, 4) is 23.0 Å². The van der Waals surface area contributed by atoms with Gasteiger partial charge in [-0.3, -0.25) is 0 Å². The molecule has 0 aliphatic rings. The average molecular weight is 514 g/mol. The van der Waals surface area contributed by atoms with Crippen LogP contribution in [0.5, 0.6) is 23.0 Å². The van der Waals surface area contributed by atoms with Crippen molar-refractivity contribution in [2.24, 2.45) is 0 Å². The topological polar surface area (TPSA) is 125 Å². The van der Waals surface area contributed by atoms with Crippen molar-refractivity contribution in [3.63, 3.8) is 0 Å². The quantitative estimate of drug-likeness (QED) is 0.305. The molecule has 0 atom stereocenters. The first-order valence-electron chi connectivity index (χ1n) is 10.2. The molecular formula is C22H23N7O4S2. The summed E-state index contributed by atoms with van der Waals surface area (Å²) >= 11 is 2.73. The van der Waals surface area contributed by atoms with E-state index < -0.39 is 0 Å². The lowest BCUT2D eigenvalue weighted by molar-refractivity contribution is 0.404. The third kappa shape index (κ3) is 6.00. The summed E-state index contributed by atoms with van der Waals surface area (Å²) in [6, 6.07) is 10.8. The van der Waals surface area contributed by atoms with Gasteiger partial charge in [0, 0.05) is 12.1 Å². The van der Waals surface area contributed by atoms with Gasteiger partial charge in [-0.25, -0.2) is 0 Å². The predicted molar refractivity (Wildman–Crippen MR) is 134 cm³/mol. The van der Waals surface area contributed by atoms with Gasteiger partial charge in [0.15, 0.2) is 4.34 Å². The summed E-state index contributed by atoms with van der Waals surface area (Å²) in [5.74, 6) is 3.09. The molecule has 0 bridgehead atoms. The second-order valence-electron chi connectivity index (χ2n) is 6.84. The van der Waals surface area contributed by atoms with E-state index in [0.717, 1.165) is 5.01 Å². The summed E-state index contributed by atoms with van der Waals surface area (Å²) in [7, 11) is 6.36. The number of rotatable bonds is 10. The molecule has 0 spiro atoms. The van der Waals surface area contributed by atoms with Crippen molar-refractivity contribution in [1.29, 1.82) is 0 Å². The highest BCUT2D eigenvalue weighted by atomic mass is 32.2. The highest BCUT2D eigenvalue weighted by molar-refractivity contribution is 8.00. The Morgan fingerprint density at radius 2 is 1.26 bits per heavy atom. The third-order valence-electron chi connectivity index (χ3n) is 4.61. The highest BCUT2D eigenvalue weighted by Gasteiger charge is 2.15. The minimum atomic E-state index is 0.291. The number of ether oxygens (including phenoxy) is 4. The first-order chi connectivity index (χ1) is 17.0. The molecule has 4 rings (SSSR count). The molecule has 2 heterocycles. The van der Waals surface area contributed by atoms with E-state index >= 15 is 0 Å². The van der Waals surface area contributed by atoms with Crippen LogP contribution >= 0.6 is 23.1 Å². The van der Waals surface area contributed by atoms with E-state index in [2.05, 4.69) is 35.8 Å². The number of methoxy groups -OCH3 is 4. The van der Waals surface area contributed by atoms with Gasteiger partial charge in [0.1, 0.15) is 28.0 Å². The summed E-state index contributed by atoms with van der Waals surface area (Å²) in [5.41, 5.74) is 1.26. The number of benzene rings is 2. The highest BCUT2D eigenvalue weighted by Crippen LogP contribution is 2.34. The Balaban J connectivity index is 1.73. The lowest BCUT2D eigenvalue weighted by Gasteiger charge is -2.14. The molecule has 4 aromatic rings. The van der Waals surface area contributed by atoms with Crippen LogP contribution in [0.1, 0.15) is 5.01 Å². The van der Waals surface area contributed by atoms with Crippen LogP contribution in [-0.2, 0) is 0 Å². The maximum absolute atomic E-state index is 5.47. The number of nitrogens with zero attached hydrogens (tertiary/aromatic N) is 5. The molecule has 13 heteroatoms. The van der Waals surface area contributed by atoms with E-state index in [0.29, 0.717) is 55.8 Å². The van der Waals surface area contributed by atoms with Gasteiger partial charge in [0.05, 0.1) is 39.8 Å². The van der Waals surface area contributed by atoms with Crippen LogP contribution in [0.15, 0.2) is 45.9 Å². The average Bonchev–Trinajstić information content (AvgIpc) is 3.27. The second kappa shape index (κ2) is 11.1. The molecule has 0 fully saturated rings. The van der Waals surface area contributed by atoms with E-state index in [-0.39, 0.29) is 0 Å². The third-order valence-corrected chi connectivity index (χ3v) is 6.36. The molecular weight excluding hydrogens is 490 g/mol. The Morgan fingerprint density at radius 1 is 0.714 bits per heavy atom. The maximum atomic E-state index is 5.47. The SMILES string of the molecule is COc1ccc(OC)c(Nc2nc(Nc3cc(OC)ccc3OC)nc(Sc3nnc(C)s3)n2)c1. The number of aryl methyl sites for hydroxylation is 1. The fourth-order valence-electron chi connectivity index (χ4n) is 2.98. The van der Waals surface area contributed by atoms with E-state index in [1.807, 2.05) is 6.92 Å². The predicted octanol–water partition coefficient (Wildman–Crippen LogP) is 4.70. The van der Waals surface area contributed by atoms with Crippen LogP contribution in [0.25, 0.3) is 0 Å². The first kappa shape index (κ1) is 24.3. The normalized spacial score (nSPS) is 10.5. The van der Waals surface area contributed by atoms with E-state index in [1.165, 1.54) is 23.1 Å². The molecule has 0 aliphatic heterocycles. The second-order valence-corrected chi connectivity index (χ2v) is 9.23. The molecule has 0 unspecified atom stereocenters. The van der Waals surface area contributed by atoms with Crippen LogP contribution in [0.2, 0.25) is 0 Å². The van der Waals surface area contributed by atoms with Gasteiger partial charge in [-0.15, -0.1) is 10.2 Å². The molecule has 2 N–H and O–H groups in total. The van der Waals surface area contributed by atoms with Crippen molar-refractivity contribution >= 4 is 46.4 Å². The Bertz CT molecular complexity index is 1240. The van der Waals surface area contributed by atoms with Crippen LogP contribution in [0.3, 0.4) is 0 Å². The maximum Gasteiger partial charge on any atom is 0.233 e. The van der Waals surface area contributed by atoms with Crippen molar-refractivity contribution in [2.75, 3.05) is 39.1 Å². The summed E-state index contributed by atoms with van der Waals surface area (Å²) in [4.78, 5) is 13.7. The lowest BCUT2D eigenvalue weighted by Crippen LogP contribution is -2.06. The van der Waals surface area contributed by atoms with Gasteiger partial charge in [-0.1, -0.05) is 11.3 Å². The van der Waals surface area contributed by atoms with Gasteiger partial charge in [-0.05, 0) is 43.0 Å². The standard InChI is InChI=1S/C22H23N7O4S2/c1-12-28-29-22(34-12)35-21-26-19(23-15-10-13(30-2)6-8-17(15)32-4)25-20(27-21)24-16-11-14(31-3)7-9-18(16)33-5/h6-11H,1-5H3,(H2,23,24,25,26,27). The fraction of sp³-hybridized carbons (Fsp3) is 0.227. The Morgan fingerprint density at radius 3 is 1.69 bits per heavy atom. The van der Waals surface area contributed by atoms with Gasteiger partial charge < -0.3 is 29.6 Å². The van der Waals surface area contributed by atoms with Crippen molar-refractivity contribution < 1.29 is 18.9 Å². The largest absolute Gasteiger partial charge is 0.497 e. The zero-order valence-electron chi connectivity index (χ0n) is 19.6. The summed E-state index contributed by atoms with van der Waals surface area (Å²) in [6.45, 7) is 1.89. The number of anilines is 4. The Kier molecular flexibility index (Phi) is 7.67. The van der Waals surface area contributed by atoms with E-state index in [1.54, 1.807) is 64.8 Å². The van der Waals surface area contributed by atoms with Crippen LogP contribution < -0.4 is 29.6 Å². The zero-order chi connectivity index (χ0) is 24.8. The van der Waals surface area contributed by atoms with E-state index in [9.17, 15) is 0 Å². The summed E-state index contributed by atoms with van der Waals surface area (Å²) in [6.07, 6.45) is 0. The molecule has 35 heavy (non-hydrogen) atoms. The molecule has 2 aromatic heterocycles. The lowest BCUT2D eigenvalue weighted by atomic mass is 10.2. The number of nitrogens with one attached hydrogen (secondary N) is 2. The molecule has 0 amide bonds. The fourth-order valence-corrected chi connectivity index (χ4v) is 4.65. The molecule has 182 valence electrons. The van der Waals surface area contributed by atoms with Crippen molar-refractivity contribution in [3.05, 3.63) is 41.4 Å². The van der Waals surface area contributed by atoms with Crippen molar-refractivity contribution in [2.45, 2.75) is 16.4 Å². The van der Waals surface area contributed by atoms with Gasteiger partial charge in [0.25, 0.3) is 0 Å². The molecule has 11 nitrogen and oxygen atoms in total. The zero-order valence-corrected chi connectivity index (χ0v) is 21.3.